The summed E-state index contributed by atoms with van der Waals surface area (Å²) in [7, 11) is 1.52. The van der Waals surface area contributed by atoms with E-state index >= 15 is 0 Å². The molecule has 1 aliphatic rings. The van der Waals surface area contributed by atoms with Crippen LogP contribution in [0.25, 0.3) is 0 Å². The lowest BCUT2D eigenvalue weighted by Crippen LogP contribution is -2.49. The predicted molar refractivity (Wildman–Crippen MR) is 73.0 cm³/mol. The average Bonchev–Trinajstić information content (AvgIpc) is 2.37. The number of likely N-dealkylation sites (N-methyl/N-ethyl adjacent to an activating group) is 1. The van der Waals surface area contributed by atoms with Gasteiger partial charge in [-0.3, -0.25) is 0 Å². The van der Waals surface area contributed by atoms with Gasteiger partial charge in [-0.1, -0.05) is 0 Å². The second-order valence-corrected chi connectivity index (χ2v) is 5.92. The van der Waals surface area contributed by atoms with Crippen molar-refractivity contribution in [3.63, 3.8) is 0 Å². The minimum atomic E-state index is -0.987. The van der Waals surface area contributed by atoms with Crippen LogP contribution in [-0.4, -0.2) is 52.6 Å². The van der Waals surface area contributed by atoms with E-state index in [0.29, 0.717) is 5.25 Å². The largest absolute Gasteiger partial charge is 0.480 e. The van der Waals surface area contributed by atoms with Crippen LogP contribution in [0.4, 0.5) is 4.79 Å². The van der Waals surface area contributed by atoms with Crippen molar-refractivity contribution in [1.82, 2.24) is 10.2 Å². The molecule has 1 aliphatic carbocycles. The van der Waals surface area contributed by atoms with E-state index in [1.807, 2.05) is 11.8 Å². The number of nitrogens with one attached hydrogen (secondary N) is 1. The minimum absolute atomic E-state index is 0.185. The first kappa shape index (κ1) is 15.1. The molecular formula is C12H22N2O3S. The first-order chi connectivity index (χ1) is 8.45. The number of urea groups is 1. The maximum absolute atomic E-state index is 11.9. The first-order valence-corrected chi connectivity index (χ1v) is 7.53. The van der Waals surface area contributed by atoms with Crippen LogP contribution in [0.15, 0.2) is 0 Å². The smallest absolute Gasteiger partial charge is 0.326 e. The highest BCUT2D eigenvalue weighted by Gasteiger charge is 2.26. The van der Waals surface area contributed by atoms with E-state index in [9.17, 15) is 9.59 Å². The fourth-order valence-corrected chi connectivity index (χ4v) is 2.80. The van der Waals surface area contributed by atoms with Gasteiger partial charge in [-0.15, -0.1) is 0 Å². The number of amides is 2. The number of carboxylic acids is 1. The molecule has 1 unspecified atom stereocenters. The summed E-state index contributed by atoms with van der Waals surface area (Å²) in [4.78, 5) is 23.9. The molecule has 2 N–H and O–H groups in total. The lowest BCUT2D eigenvalue weighted by Gasteiger charge is -2.30. The van der Waals surface area contributed by atoms with Gasteiger partial charge >= 0.3 is 12.0 Å². The van der Waals surface area contributed by atoms with Crippen LogP contribution in [0, 0.1) is 0 Å². The standard InChI is InChI=1S/C12H22N2O3S/c1-8(11(15)16)14(2)12(17)13-9-4-6-10(18-3)7-5-9/h8-10H,4-7H2,1-3H3,(H,13,17)(H,15,16). The molecule has 1 atom stereocenters. The first-order valence-electron chi connectivity index (χ1n) is 6.24. The van der Waals surface area contributed by atoms with Crippen LogP contribution < -0.4 is 5.32 Å². The molecule has 1 rings (SSSR count). The summed E-state index contributed by atoms with van der Waals surface area (Å²) in [6, 6.07) is -0.908. The fraction of sp³-hybridized carbons (Fsp3) is 0.833. The zero-order valence-electron chi connectivity index (χ0n) is 11.2. The molecule has 0 heterocycles. The van der Waals surface area contributed by atoms with Crippen molar-refractivity contribution in [2.75, 3.05) is 13.3 Å². The molecule has 18 heavy (non-hydrogen) atoms. The maximum Gasteiger partial charge on any atom is 0.326 e. The highest BCUT2D eigenvalue weighted by molar-refractivity contribution is 7.99. The Hall–Kier alpha value is -0.910. The highest BCUT2D eigenvalue weighted by Crippen LogP contribution is 2.26. The second-order valence-electron chi connectivity index (χ2n) is 4.78. The number of rotatable bonds is 4. The lowest BCUT2D eigenvalue weighted by atomic mass is 9.95. The van der Waals surface area contributed by atoms with Crippen LogP contribution in [-0.2, 0) is 4.79 Å². The molecule has 0 aromatic rings. The zero-order valence-corrected chi connectivity index (χ0v) is 12.0. The number of carbonyl (C=O) groups excluding carboxylic acids is 1. The molecule has 5 nitrogen and oxygen atoms in total. The Morgan fingerprint density at radius 2 is 1.89 bits per heavy atom. The van der Waals surface area contributed by atoms with Gasteiger partial charge in [-0.2, -0.15) is 11.8 Å². The Labute approximate surface area is 112 Å². The molecule has 0 spiro atoms. The van der Waals surface area contributed by atoms with E-state index in [-0.39, 0.29) is 12.1 Å². The van der Waals surface area contributed by atoms with Crippen molar-refractivity contribution in [3.05, 3.63) is 0 Å². The Morgan fingerprint density at radius 3 is 2.33 bits per heavy atom. The Morgan fingerprint density at radius 1 is 1.33 bits per heavy atom. The normalized spacial score (nSPS) is 25.3. The molecule has 1 fully saturated rings. The van der Waals surface area contributed by atoms with Crippen molar-refractivity contribution >= 4 is 23.8 Å². The van der Waals surface area contributed by atoms with Crippen molar-refractivity contribution in [2.45, 2.75) is 49.9 Å². The maximum atomic E-state index is 11.9. The second kappa shape index (κ2) is 6.87. The van der Waals surface area contributed by atoms with Gasteiger partial charge in [0.1, 0.15) is 6.04 Å². The molecule has 0 aromatic carbocycles. The zero-order chi connectivity index (χ0) is 13.7. The van der Waals surface area contributed by atoms with Gasteiger partial charge in [0, 0.05) is 18.3 Å². The SMILES string of the molecule is CSC1CCC(NC(=O)N(C)C(C)C(=O)O)CC1. The quantitative estimate of drug-likeness (QED) is 0.820. The number of carboxylic acid groups (broad SMARTS) is 1. The number of thioether (sulfide) groups is 1. The molecule has 104 valence electrons. The third-order valence-corrected chi connectivity index (χ3v) is 4.73. The predicted octanol–water partition coefficient (Wildman–Crippen LogP) is 1.78. The Bertz CT molecular complexity index is 304. The van der Waals surface area contributed by atoms with E-state index in [2.05, 4.69) is 11.6 Å². The van der Waals surface area contributed by atoms with Crippen LogP contribution >= 0.6 is 11.8 Å². The monoisotopic (exact) mass is 274 g/mol. The molecular weight excluding hydrogens is 252 g/mol. The van der Waals surface area contributed by atoms with Gasteiger partial charge in [-0.25, -0.2) is 9.59 Å². The number of hydrogen-bond donors (Lipinski definition) is 2. The minimum Gasteiger partial charge on any atom is -0.480 e. The van der Waals surface area contributed by atoms with Crippen LogP contribution in [0.5, 0.6) is 0 Å². The summed E-state index contributed by atoms with van der Waals surface area (Å²) >= 11 is 1.88. The van der Waals surface area contributed by atoms with Gasteiger partial charge in [0.15, 0.2) is 0 Å². The summed E-state index contributed by atoms with van der Waals surface area (Å²) < 4.78 is 0. The molecule has 6 heteroatoms. The molecule has 0 radical (unpaired) electrons. The summed E-state index contributed by atoms with van der Waals surface area (Å²) in [6.45, 7) is 1.51. The molecule has 0 aliphatic heterocycles. The van der Waals surface area contributed by atoms with Crippen LogP contribution in [0.3, 0.4) is 0 Å². The van der Waals surface area contributed by atoms with Crippen LogP contribution in [0.1, 0.15) is 32.6 Å². The summed E-state index contributed by atoms with van der Waals surface area (Å²) in [5.41, 5.74) is 0. The van der Waals surface area contributed by atoms with Gasteiger partial charge in [0.25, 0.3) is 0 Å². The van der Waals surface area contributed by atoms with E-state index < -0.39 is 12.0 Å². The summed E-state index contributed by atoms with van der Waals surface area (Å²) in [5.74, 6) is -0.987. The molecule has 1 saturated carbocycles. The van der Waals surface area contributed by atoms with E-state index in [1.165, 1.54) is 18.9 Å². The third kappa shape index (κ3) is 4.08. The molecule has 0 saturated heterocycles. The summed E-state index contributed by atoms with van der Waals surface area (Å²) in [5, 5.41) is 12.5. The topological polar surface area (TPSA) is 69.6 Å². The Balaban J connectivity index is 2.39. The summed E-state index contributed by atoms with van der Waals surface area (Å²) in [6.07, 6.45) is 6.31. The Kier molecular flexibility index (Phi) is 5.78. The van der Waals surface area contributed by atoms with Gasteiger partial charge in [-0.05, 0) is 38.9 Å². The number of hydrogen-bond acceptors (Lipinski definition) is 3. The van der Waals surface area contributed by atoms with E-state index in [0.717, 1.165) is 25.7 Å². The highest BCUT2D eigenvalue weighted by atomic mass is 32.2. The van der Waals surface area contributed by atoms with E-state index in [4.69, 9.17) is 5.11 Å². The van der Waals surface area contributed by atoms with Gasteiger partial charge in [0.05, 0.1) is 0 Å². The van der Waals surface area contributed by atoms with Gasteiger partial charge < -0.3 is 15.3 Å². The number of nitrogens with zero attached hydrogens (tertiary/aromatic N) is 1. The molecule has 0 aromatic heterocycles. The number of aliphatic carboxylic acids is 1. The molecule has 0 bridgehead atoms. The third-order valence-electron chi connectivity index (χ3n) is 3.59. The van der Waals surface area contributed by atoms with Crippen molar-refractivity contribution in [3.8, 4) is 0 Å². The van der Waals surface area contributed by atoms with Gasteiger partial charge in [0.2, 0.25) is 0 Å². The fourth-order valence-electron chi connectivity index (χ4n) is 2.06. The lowest BCUT2D eigenvalue weighted by molar-refractivity contribution is -0.141. The molecule has 2 amide bonds. The van der Waals surface area contributed by atoms with Crippen molar-refractivity contribution in [1.29, 1.82) is 0 Å². The number of carbonyl (C=O) groups is 2. The average molecular weight is 274 g/mol. The van der Waals surface area contributed by atoms with Crippen LogP contribution in [0.2, 0.25) is 0 Å². The van der Waals surface area contributed by atoms with Crippen molar-refractivity contribution in [2.24, 2.45) is 0 Å². The van der Waals surface area contributed by atoms with Crippen molar-refractivity contribution < 1.29 is 14.7 Å². The van der Waals surface area contributed by atoms with E-state index in [1.54, 1.807) is 0 Å².